The van der Waals surface area contributed by atoms with Gasteiger partial charge in [-0.3, -0.25) is 9.55 Å². The van der Waals surface area contributed by atoms with Gasteiger partial charge < -0.3 is 9.47 Å². The van der Waals surface area contributed by atoms with E-state index >= 15 is 0 Å². The highest BCUT2D eigenvalue weighted by Gasteiger charge is 2.13. The van der Waals surface area contributed by atoms with Crippen LogP contribution in [0.25, 0.3) is 16.9 Å². The highest BCUT2D eigenvalue weighted by molar-refractivity contribution is 7.71. The SMILES string of the molecule is CN(CCn1cc(-c2ccc(F)cc2)n(-c2ccc(Cl)cc2)c1=S)c1ccncc1. The number of likely N-dealkylation sites (N-methyl/N-ethyl adjacent to an activating group) is 1. The van der Waals surface area contributed by atoms with Gasteiger partial charge in [-0.1, -0.05) is 11.6 Å². The number of benzene rings is 2. The van der Waals surface area contributed by atoms with E-state index in [0.29, 0.717) is 16.3 Å². The van der Waals surface area contributed by atoms with Crippen LogP contribution in [0.15, 0.2) is 79.3 Å². The van der Waals surface area contributed by atoms with Crippen molar-refractivity contribution < 1.29 is 4.39 Å². The van der Waals surface area contributed by atoms with E-state index in [-0.39, 0.29) is 5.82 Å². The van der Waals surface area contributed by atoms with Crippen LogP contribution >= 0.6 is 23.8 Å². The van der Waals surface area contributed by atoms with Gasteiger partial charge in [0.05, 0.1) is 5.69 Å². The Bertz CT molecular complexity index is 1180. The van der Waals surface area contributed by atoms with Gasteiger partial charge >= 0.3 is 0 Å². The maximum Gasteiger partial charge on any atom is 0.185 e. The van der Waals surface area contributed by atoms with Crippen LogP contribution in [0.3, 0.4) is 0 Å². The van der Waals surface area contributed by atoms with E-state index in [9.17, 15) is 4.39 Å². The van der Waals surface area contributed by atoms with Crippen LogP contribution in [0, 0.1) is 10.6 Å². The summed E-state index contributed by atoms with van der Waals surface area (Å²) in [6.07, 6.45) is 5.58. The van der Waals surface area contributed by atoms with Crippen LogP contribution in [-0.2, 0) is 6.54 Å². The second-order valence-electron chi connectivity index (χ2n) is 6.94. The minimum Gasteiger partial charge on any atom is -0.373 e. The van der Waals surface area contributed by atoms with E-state index in [2.05, 4.69) is 9.88 Å². The summed E-state index contributed by atoms with van der Waals surface area (Å²) in [5.41, 5.74) is 3.78. The lowest BCUT2D eigenvalue weighted by Gasteiger charge is -2.19. The first-order chi connectivity index (χ1) is 14.5. The third kappa shape index (κ3) is 4.30. The lowest BCUT2D eigenvalue weighted by molar-refractivity contribution is 0.628. The fourth-order valence-electron chi connectivity index (χ4n) is 3.30. The summed E-state index contributed by atoms with van der Waals surface area (Å²) in [7, 11) is 2.04. The molecule has 30 heavy (non-hydrogen) atoms. The van der Waals surface area contributed by atoms with Crippen molar-refractivity contribution >= 4 is 29.5 Å². The Morgan fingerprint density at radius 3 is 2.33 bits per heavy atom. The first-order valence-electron chi connectivity index (χ1n) is 9.48. The van der Waals surface area contributed by atoms with E-state index in [1.165, 1.54) is 12.1 Å². The number of pyridine rings is 1. The van der Waals surface area contributed by atoms with Crippen molar-refractivity contribution in [3.05, 3.63) is 94.9 Å². The Balaban J connectivity index is 1.71. The fraction of sp³-hybridized carbons (Fsp3) is 0.130. The average molecular weight is 439 g/mol. The molecule has 4 aromatic rings. The predicted molar refractivity (Wildman–Crippen MR) is 123 cm³/mol. The van der Waals surface area contributed by atoms with Crippen molar-refractivity contribution in [1.29, 1.82) is 0 Å². The molecule has 0 aliphatic rings. The zero-order valence-electron chi connectivity index (χ0n) is 16.4. The van der Waals surface area contributed by atoms with E-state index in [0.717, 1.165) is 29.2 Å². The predicted octanol–water partition coefficient (Wildman–Crippen LogP) is 6.00. The standard InChI is InChI=1S/C23H20ClFN4S/c1-27(20-10-12-26-13-11-20)14-15-28-16-22(17-2-6-19(25)7-3-17)29(23(28)30)21-8-4-18(24)5-9-21/h2-13,16H,14-15H2,1H3. The van der Waals surface area contributed by atoms with Gasteiger partial charge in [-0.2, -0.15) is 0 Å². The smallest absolute Gasteiger partial charge is 0.185 e. The van der Waals surface area contributed by atoms with E-state index < -0.39 is 0 Å². The van der Waals surface area contributed by atoms with Gasteiger partial charge in [0.1, 0.15) is 5.82 Å². The Kier molecular flexibility index (Phi) is 5.97. The molecule has 0 spiro atoms. The van der Waals surface area contributed by atoms with Gasteiger partial charge in [-0.15, -0.1) is 0 Å². The van der Waals surface area contributed by atoms with Crippen LogP contribution in [-0.4, -0.2) is 27.7 Å². The number of hydrogen-bond donors (Lipinski definition) is 0. The summed E-state index contributed by atoms with van der Waals surface area (Å²) in [4.78, 5) is 6.22. The van der Waals surface area contributed by atoms with Crippen LogP contribution in [0.4, 0.5) is 10.1 Å². The number of hydrogen-bond acceptors (Lipinski definition) is 3. The highest BCUT2D eigenvalue weighted by Crippen LogP contribution is 2.26. The minimum absolute atomic E-state index is 0.270. The molecular formula is C23H20ClFN4S. The van der Waals surface area contributed by atoms with Crippen LogP contribution in [0.1, 0.15) is 0 Å². The Morgan fingerprint density at radius 2 is 1.67 bits per heavy atom. The molecule has 0 aliphatic heterocycles. The molecule has 0 N–H and O–H groups in total. The normalized spacial score (nSPS) is 10.9. The van der Waals surface area contributed by atoms with Crippen LogP contribution < -0.4 is 4.90 Å². The van der Waals surface area contributed by atoms with Gasteiger partial charge in [0, 0.05) is 60.7 Å². The molecule has 0 aliphatic carbocycles. The number of nitrogens with zero attached hydrogens (tertiary/aromatic N) is 4. The second kappa shape index (κ2) is 8.81. The van der Waals surface area contributed by atoms with Crippen molar-refractivity contribution in [2.75, 3.05) is 18.5 Å². The molecule has 4 nitrogen and oxygen atoms in total. The Morgan fingerprint density at radius 1 is 1.00 bits per heavy atom. The van der Waals surface area contributed by atoms with Gasteiger partial charge in [0.25, 0.3) is 0 Å². The van der Waals surface area contributed by atoms with E-state index in [1.807, 2.05) is 58.8 Å². The van der Waals surface area contributed by atoms with E-state index in [4.69, 9.17) is 23.8 Å². The first-order valence-corrected chi connectivity index (χ1v) is 10.3. The molecular weight excluding hydrogens is 419 g/mol. The fourth-order valence-corrected chi connectivity index (χ4v) is 3.78. The molecule has 152 valence electrons. The summed E-state index contributed by atoms with van der Waals surface area (Å²) in [5.74, 6) is -0.270. The maximum atomic E-state index is 13.5. The van der Waals surface area contributed by atoms with Crippen molar-refractivity contribution in [2.24, 2.45) is 0 Å². The van der Waals surface area contributed by atoms with Gasteiger partial charge in [0.2, 0.25) is 0 Å². The van der Waals surface area contributed by atoms with Crippen molar-refractivity contribution in [2.45, 2.75) is 6.54 Å². The summed E-state index contributed by atoms with van der Waals surface area (Å²) in [5, 5.41) is 0.659. The molecule has 4 rings (SSSR count). The van der Waals surface area contributed by atoms with Crippen molar-refractivity contribution in [3.63, 3.8) is 0 Å². The topological polar surface area (TPSA) is 26.0 Å². The summed E-state index contributed by atoms with van der Waals surface area (Å²) in [6, 6.07) is 17.9. The lowest BCUT2D eigenvalue weighted by atomic mass is 10.1. The highest BCUT2D eigenvalue weighted by atomic mass is 35.5. The average Bonchev–Trinajstić information content (AvgIpc) is 3.10. The third-order valence-corrected chi connectivity index (χ3v) is 5.63. The Labute approximate surface area is 184 Å². The summed E-state index contributed by atoms with van der Waals surface area (Å²) in [6.45, 7) is 1.47. The number of anilines is 1. The van der Waals surface area contributed by atoms with Gasteiger partial charge in [0.15, 0.2) is 4.77 Å². The molecule has 7 heteroatoms. The molecule has 0 unspecified atom stereocenters. The number of rotatable bonds is 6. The zero-order valence-corrected chi connectivity index (χ0v) is 17.9. The largest absolute Gasteiger partial charge is 0.373 e. The number of aromatic nitrogens is 3. The number of halogens is 2. The molecule has 0 bridgehead atoms. The molecule has 0 saturated carbocycles. The quantitative estimate of drug-likeness (QED) is 0.345. The van der Waals surface area contributed by atoms with Crippen molar-refractivity contribution in [3.8, 4) is 16.9 Å². The monoisotopic (exact) mass is 438 g/mol. The molecule has 2 heterocycles. The summed E-state index contributed by atoms with van der Waals surface area (Å²) < 4.78 is 18.2. The molecule has 2 aromatic heterocycles. The molecule has 2 aromatic carbocycles. The minimum atomic E-state index is -0.270. The Hall–Kier alpha value is -2.96. The first kappa shape index (κ1) is 20.3. The van der Waals surface area contributed by atoms with Crippen molar-refractivity contribution in [1.82, 2.24) is 14.1 Å². The second-order valence-corrected chi connectivity index (χ2v) is 7.74. The van der Waals surface area contributed by atoms with Crippen LogP contribution in [0.5, 0.6) is 0 Å². The molecule has 0 atom stereocenters. The molecule has 0 radical (unpaired) electrons. The van der Waals surface area contributed by atoms with Gasteiger partial charge in [-0.25, -0.2) is 4.39 Å². The van der Waals surface area contributed by atoms with Crippen LogP contribution in [0.2, 0.25) is 5.02 Å². The zero-order chi connectivity index (χ0) is 21.1. The van der Waals surface area contributed by atoms with Gasteiger partial charge in [-0.05, 0) is 72.9 Å². The molecule has 0 saturated heterocycles. The summed E-state index contributed by atoms with van der Waals surface area (Å²) >= 11 is 11.9. The molecule has 0 fully saturated rings. The lowest BCUT2D eigenvalue weighted by Crippen LogP contribution is -2.22. The maximum absolute atomic E-state index is 13.5. The molecule has 0 amide bonds. The van der Waals surface area contributed by atoms with E-state index in [1.54, 1.807) is 24.5 Å². The number of imidazole rings is 1. The third-order valence-electron chi connectivity index (χ3n) is 4.96.